The van der Waals surface area contributed by atoms with Crippen molar-refractivity contribution in [2.45, 2.75) is 175 Å². The third kappa shape index (κ3) is 20.2. The third-order valence-electron chi connectivity index (χ3n) is 12.7. The van der Waals surface area contributed by atoms with Gasteiger partial charge in [-0.15, -0.1) is 0 Å². The van der Waals surface area contributed by atoms with Crippen LogP contribution < -0.4 is 48.3 Å². The maximum Gasteiger partial charge on any atom is 0.397 e. The number of carboxylic acid groups (broad SMARTS) is 2. The van der Waals surface area contributed by atoms with Gasteiger partial charge in [-0.05, 0) is 45.6 Å². The molecule has 3 heterocycles. The Balaban J connectivity index is 1.99. The van der Waals surface area contributed by atoms with Crippen molar-refractivity contribution < 1.29 is 130 Å². The van der Waals surface area contributed by atoms with Gasteiger partial charge in [0.1, 0.15) is 78.9 Å². The third-order valence-corrected chi connectivity index (χ3v) is 13.2. The summed E-state index contributed by atoms with van der Waals surface area (Å²) in [5.41, 5.74) is 5.70. The number of rotatable bonds is 32. The van der Waals surface area contributed by atoms with E-state index in [1.165, 1.54) is 0 Å². The van der Waals surface area contributed by atoms with E-state index in [1.807, 2.05) is 5.32 Å². The average Bonchev–Trinajstić information content (AvgIpc) is 3.80. The molecular formula is C43H73N9O27S. The summed E-state index contributed by atoms with van der Waals surface area (Å²) in [5, 5.41) is 120. The van der Waals surface area contributed by atoms with Crippen molar-refractivity contribution in [1.29, 1.82) is 0 Å². The molecule has 3 fully saturated rings. The normalized spacial score (nSPS) is 29.0. The van der Waals surface area contributed by atoms with Crippen molar-refractivity contribution in [2.24, 2.45) is 5.73 Å². The number of unbranched alkanes of at least 4 members (excludes halogenated alkanes) is 1. The van der Waals surface area contributed by atoms with Gasteiger partial charge in [0.15, 0.2) is 12.6 Å². The molecule has 0 radical (unpaired) electrons. The Morgan fingerprint density at radius 2 is 1.21 bits per heavy atom. The van der Waals surface area contributed by atoms with Crippen LogP contribution in [-0.4, -0.2) is 273 Å². The van der Waals surface area contributed by atoms with Crippen LogP contribution in [0.1, 0.15) is 59.3 Å². The van der Waals surface area contributed by atoms with E-state index >= 15 is 0 Å². The van der Waals surface area contributed by atoms with Crippen molar-refractivity contribution in [1.82, 2.24) is 42.5 Å². The molecule has 3 aliphatic heterocycles. The second-order valence-electron chi connectivity index (χ2n) is 18.8. The lowest BCUT2D eigenvalue weighted by Gasteiger charge is -2.44. The summed E-state index contributed by atoms with van der Waals surface area (Å²) in [7, 11) is -5.26. The maximum atomic E-state index is 14.5. The minimum atomic E-state index is -5.26. The molecule has 458 valence electrons. The highest BCUT2D eigenvalue weighted by Gasteiger charge is 2.52. The highest BCUT2D eigenvalue weighted by Crippen LogP contribution is 2.30. The summed E-state index contributed by atoms with van der Waals surface area (Å²) in [6.07, 6.45) is -19.2. The van der Waals surface area contributed by atoms with E-state index in [2.05, 4.69) is 41.4 Å². The fourth-order valence-electron chi connectivity index (χ4n) is 8.62. The summed E-state index contributed by atoms with van der Waals surface area (Å²) in [4.78, 5) is 117. The maximum absolute atomic E-state index is 14.5. The van der Waals surface area contributed by atoms with Crippen LogP contribution in [0, 0.1) is 0 Å². The van der Waals surface area contributed by atoms with Crippen LogP contribution in [0.25, 0.3) is 0 Å². The number of carbonyl (C=O) groups excluding carboxylic acids is 7. The van der Waals surface area contributed by atoms with E-state index in [1.54, 1.807) is 0 Å². The van der Waals surface area contributed by atoms with Gasteiger partial charge in [-0.25, -0.2) is 8.98 Å². The number of carbonyl (C=O) groups is 9. The number of ether oxygens (including phenoxy) is 4. The Bertz CT molecular complexity index is 2240. The molecule has 0 spiro atoms. The first-order chi connectivity index (χ1) is 37.5. The number of aliphatic hydroxyl groups is 8. The van der Waals surface area contributed by atoms with Gasteiger partial charge >= 0.3 is 22.3 Å². The number of aliphatic hydroxyl groups excluding tert-OH is 8. The first kappa shape index (κ1) is 68.8. The molecule has 19 atom stereocenters. The van der Waals surface area contributed by atoms with Crippen LogP contribution in [-0.2, 0) is 76.7 Å². The number of carboxylic acids is 2. The highest BCUT2D eigenvalue weighted by atomic mass is 32.3. The first-order valence-corrected chi connectivity index (χ1v) is 26.2. The topological polar surface area (TPSA) is 579 Å². The summed E-state index contributed by atoms with van der Waals surface area (Å²) >= 11 is 0. The molecule has 36 nitrogen and oxygen atoms in total. The van der Waals surface area contributed by atoms with E-state index in [0.717, 1.165) is 20.8 Å². The number of nitrogens with two attached hydrogens (primary N) is 1. The largest absolute Gasteiger partial charge is 0.481 e. The van der Waals surface area contributed by atoms with Gasteiger partial charge in [0.05, 0.1) is 57.3 Å². The molecule has 0 aromatic carbocycles. The number of nitrogens with one attached hydrogen (secondary N) is 8. The second-order valence-corrected chi connectivity index (χ2v) is 19.8. The molecule has 3 rings (SSSR count). The Hall–Kier alpha value is -5.46. The molecule has 21 N–H and O–H groups in total. The lowest BCUT2D eigenvalue weighted by Crippen LogP contribution is -2.66. The van der Waals surface area contributed by atoms with Crippen LogP contribution in [0.15, 0.2) is 0 Å². The molecule has 3 saturated heterocycles. The Kier molecular flexibility index (Phi) is 27.7. The van der Waals surface area contributed by atoms with Gasteiger partial charge in [-0.2, -0.15) is 8.42 Å². The number of amides is 7. The van der Waals surface area contributed by atoms with E-state index < -0.39 is 225 Å². The first-order valence-electron chi connectivity index (χ1n) is 24.9. The molecule has 7 amide bonds. The van der Waals surface area contributed by atoms with Crippen molar-refractivity contribution in [3.05, 3.63) is 0 Å². The zero-order chi connectivity index (χ0) is 60.3. The van der Waals surface area contributed by atoms with E-state index in [9.17, 15) is 107 Å². The van der Waals surface area contributed by atoms with Crippen molar-refractivity contribution in [3.8, 4) is 0 Å². The summed E-state index contributed by atoms with van der Waals surface area (Å²) in [5.74, 6) is -10.9. The standard InChI is InChI=1S/C43H73N9O27S/c1-16(75-42-30(45-17(2)58)33(63)32(62)26(14-56)77-42)29(40(69)50-23(12-54)39(68)49-20(7-8-28(60)61)36(65)51-24(13-55)41(70)71)52-37(66)19(6-4-5-9-44)48-38(67)21-10-25(22(11-53)47-21)76-43-31(46-18(3)59)34(64)35(27(15-57)78-43)79-80(72,73)74/h16,19-27,29-35,42-43,47,53-57,62-64H,4-15,44H2,1-3H3,(H,45,58)(H,46,59)(H,48,67)(H,49,68)(H,50,69)(H,51,65)(H,52,66)(H,60,61)(H,70,71)(H,72,73,74)/t16?,19-,20-,21?,22?,23-,24-,25?,26+,27+,29?,30+,31+,32+,33+,34+,35+,42+,43+/m0/s1. The average molecular weight is 1180 g/mol. The van der Waals surface area contributed by atoms with Crippen LogP contribution in [0.5, 0.6) is 0 Å². The van der Waals surface area contributed by atoms with Gasteiger partial charge < -0.3 is 113 Å². The Morgan fingerprint density at radius 3 is 1.74 bits per heavy atom. The molecule has 0 saturated carbocycles. The second kappa shape index (κ2) is 32.3. The smallest absolute Gasteiger partial charge is 0.397 e. The van der Waals surface area contributed by atoms with Gasteiger partial charge in [0.2, 0.25) is 41.4 Å². The molecule has 0 aromatic heterocycles. The number of hydrogen-bond donors (Lipinski definition) is 20. The molecule has 0 bridgehead atoms. The van der Waals surface area contributed by atoms with Crippen LogP contribution >= 0.6 is 0 Å². The van der Waals surface area contributed by atoms with E-state index in [4.69, 9.17) is 24.7 Å². The zero-order valence-corrected chi connectivity index (χ0v) is 44.2. The monoisotopic (exact) mass is 1180 g/mol. The highest BCUT2D eigenvalue weighted by molar-refractivity contribution is 7.80. The van der Waals surface area contributed by atoms with Gasteiger partial charge in [0.25, 0.3) is 0 Å². The molecule has 5 unspecified atom stereocenters. The molecule has 80 heavy (non-hydrogen) atoms. The molecule has 0 aliphatic carbocycles. The van der Waals surface area contributed by atoms with E-state index in [0.29, 0.717) is 0 Å². The summed E-state index contributed by atoms with van der Waals surface area (Å²) in [6, 6.07) is -15.3. The molecule has 0 aromatic rings. The molecule has 3 aliphatic rings. The predicted molar refractivity (Wildman–Crippen MR) is 260 cm³/mol. The van der Waals surface area contributed by atoms with Crippen molar-refractivity contribution in [2.75, 3.05) is 39.6 Å². The molecule has 37 heteroatoms. The number of aliphatic carboxylic acids is 2. The van der Waals surface area contributed by atoms with Gasteiger partial charge in [-0.1, -0.05) is 0 Å². The van der Waals surface area contributed by atoms with Gasteiger partial charge in [0, 0.05) is 20.3 Å². The van der Waals surface area contributed by atoms with Crippen LogP contribution in [0.4, 0.5) is 0 Å². The van der Waals surface area contributed by atoms with Crippen molar-refractivity contribution >= 4 is 63.7 Å². The Morgan fingerprint density at radius 1 is 0.675 bits per heavy atom. The van der Waals surface area contributed by atoms with Gasteiger partial charge in [-0.3, -0.25) is 48.2 Å². The minimum Gasteiger partial charge on any atom is -0.481 e. The van der Waals surface area contributed by atoms with Crippen molar-refractivity contribution in [3.63, 3.8) is 0 Å². The lowest BCUT2D eigenvalue weighted by atomic mass is 9.96. The Labute approximate surface area is 456 Å². The minimum absolute atomic E-state index is 0.0913. The lowest BCUT2D eigenvalue weighted by molar-refractivity contribution is -0.281. The van der Waals surface area contributed by atoms with Crippen LogP contribution in [0.3, 0.4) is 0 Å². The van der Waals surface area contributed by atoms with Crippen LogP contribution in [0.2, 0.25) is 0 Å². The summed E-state index contributed by atoms with van der Waals surface area (Å²) in [6.45, 7) is -1.84. The predicted octanol–water partition coefficient (Wildman–Crippen LogP) is -11.3. The zero-order valence-electron chi connectivity index (χ0n) is 43.4. The molecular weight excluding hydrogens is 1110 g/mol. The quantitative estimate of drug-likeness (QED) is 0.0220. The summed E-state index contributed by atoms with van der Waals surface area (Å²) < 4.78 is 60.1. The fraction of sp³-hybridized carbons (Fsp3) is 0.791. The fourth-order valence-corrected chi connectivity index (χ4v) is 9.14. The SMILES string of the molecule is CC(=O)N[C@H]1[C@H](OC2CC(C(=O)N[C@@H](CCCCN)C(=O)NC(C(=O)N[C@@H](CO)C(=O)N[C@@H](CCC(=O)O)C(=O)N[C@@H](CO)C(=O)O)C(C)O[C@@H]3O[C@H](CO)[C@@H](O)[C@H](O)[C@H]3NC(C)=O)NC2CO)O[C@H](CO)[C@@H](OS(=O)(=O)O)[C@@H]1O. The number of hydrogen-bond acceptors (Lipinski definition) is 26. The van der Waals surface area contributed by atoms with E-state index in [-0.39, 0.29) is 32.2 Å².